The molecule has 0 fully saturated rings. The first-order chi connectivity index (χ1) is 31.1. The summed E-state index contributed by atoms with van der Waals surface area (Å²) in [5, 5.41) is 7.98. The monoisotopic (exact) mass is 722 g/mol. The number of benzene rings is 9. The lowest BCUT2D eigenvalue weighted by molar-refractivity contribution is 0.668. The van der Waals surface area contributed by atoms with Crippen molar-refractivity contribution in [1.29, 1.82) is 0 Å². The number of hydrogen-bond acceptors (Lipinski definition) is 2. The SMILES string of the molecule is [2H]c1c([2H])c([2H])c2c(oc3cc(-c4cccc5oc6c([2H])c([2H])c([2H])c([2H])c6c45)c(-n4c5ccccc5c5cc6c7c8ccccc8ccc7n(-c7ccccc7)c6cc54)cc32)c1[2H]. The summed E-state index contributed by atoms with van der Waals surface area (Å²) in [5.74, 6) is 0. The first-order valence-electron chi connectivity index (χ1n) is 22.4. The molecule has 4 nitrogen and oxygen atoms in total. The molecule has 0 aliphatic heterocycles. The van der Waals surface area contributed by atoms with Crippen molar-refractivity contribution in [3.05, 3.63) is 182 Å². The van der Waals surface area contributed by atoms with Crippen LogP contribution >= 0.6 is 0 Å². The van der Waals surface area contributed by atoms with Gasteiger partial charge in [0, 0.05) is 54.3 Å². The average Bonchev–Trinajstić information content (AvgIpc) is 4.08. The number of aromatic nitrogens is 2. The molecule has 56 heavy (non-hydrogen) atoms. The highest BCUT2D eigenvalue weighted by Crippen LogP contribution is 2.46. The summed E-state index contributed by atoms with van der Waals surface area (Å²) in [6, 6.07) is 42.5. The highest BCUT2D eigenvalue weighted by atomic mass is 16.3. The largest absolute Gasteiger partial charge is 0.456 e. The summed E-state index contributed by atoms with van der Waals surface area (Å²) < 4.78 is 87.1. The van der Waals surface area contributed by atoms with Gasteiger partial charge < -0.3 is 18.0 Å². The molecule has 13 rings (SSSR count). The zero-order valence-electron chi connectivity index (χ0n) is 37.4. The minimum Gasteiger partial charge on any atom is -0.456 e. The van der Waals surface area contributed by atoms with E-state index < -0.39 is 6.04 Å². The van der Waals surface area contributed by atoms with Gasteiger partial charge in [-0.15, -0.1) is 0 Å². The van der Waals surface area contributed by atoms with Crippen LogP contribution in [0.2, 0.25) is 0 Å². The maximum Gasteiger partial charge on any atom is 0.136 e. The predicted molar refractivity (Wildman–Crippen MR) is 233 cm³/mol. The quantitative estimate of drug-likeness (QED) is 0.182. The Balaban J connectivity index is 1.24. The number of rotatable bonds is 3. The molecule has 0 aliphatic carbocycles. The molecule has 0 amide bonds. The number of para-hydroxylation sites is 4. The van der Waals surface area contributed by atoms with E-state index in [0.717, 1.165) is 60.1 Å². The van der Waals surface area contributed by atoms with Gasteiger partial charge in [-0.05, 0) is 83.0 Å². The van der Waals surface area contributed by atoms with Gasteiger partial charge >= 0.3 is 0 Å². The van der Waals surface area contributed by atoms with Crippen LogP contribution in [0.1, 0.15) is 11.0 Å². The third-order valence-electron chi connectivity index (χ3n) is 11.4. The van der Waals surface area contributed by atoms with Crippen molar-refractivity contribution in [2.24, 2.45) is 0 Å². The molecule has 0 atom stereocenters. The molecule has 4 heterocycles. The van der Waals surface area contributed by atoms with Gasteiger partial charge in [-0.1, -0.05) is 115 Å². The van der Waals surface area contributed by atoms with Gasteiger partial charge in [-0.3, -0.25) is 0 Å². The maximum atomic E-state index is 9.09. The Morgan fingerprint density at radius 1 is 0.375 bits per heavy atom. The van der Waals surface area contributed by atoms with Gasteiger partial charge in [0.25, 0.3) is 0 Å². The third-order valence-corrected chi connectivity index (χ3v) is 11.4. The highest BCUT2D eigenvalue weighted by Gasteiger charge is 2.24. The van der Waals surface area contributed by atoms with Crippen molar-refractivity contribution in [2.75, 3.05) is 0 Å². The van der Waals surface area contributed by atoms with Crippen LogP contribution in [0.3, 0.4) is 0 Å². The van der Waals surface area contributed by atoms with Gasteiger partial charge in [0.15, 0.2) is 0 Å². The van der Waals surface area contributed by atoms with Crippen molar-refractivity contribution >= 4 is 98.3 Å². The average molecular weight is 723 g/mol. The topological polar surface area (TPSA) is 36.1 Å². The van der Waals surface area contributed by atoms with Crippen LogP contribution in [0.15, 0.2) is 191 Å². The van der Waals surface area contributed by atoms with Gasteiger partial charge in [0.2, 0.25) is 0 Å². The second-order valence-electron chi connectivity index (χ2n) is 14.2. The molecule has 13 aromatic rings. The fraction of sp³-hybridized carbons (Fsp3) is 0. The molecule has 0 unspecified atom stereocenters. The van der Waals surface area contributed by atoms with Crippen molar-refractivity contribution in [1.82, 2.24) is 9.13 Å². The Morgan fingerprint density at radius 2 is 1.11 bits per heavy atom. The Labute approximate surface area is 330 Å². The van der Waals surface area contributed by atoms with Crippen molar-refractivity contribution < 1.29 is 19.8 Å². The summed E-state index contributed by atoms with van der Waals surface area (Å²) in [5.41, 5.74) is 7.47. The van der Waals surface area contributed by atoms with Gasteiger partial charge in [-0.2, -0.15) is 0 Å². The Hall–Kier alpha value is -7.56. The van der Waals surface area contributed by atoms with E-state index in [9.17, 15) is 0 Å². The first kappa shape index (κ1) is 23.3. The predicted octanol–water partition coefficient (Wildman–Crippen LogP) is 14.5. The Morgan fingerprint density at radius 3 is 2.00 bits per heavy atom. The molecule has 4 aromatic heterocycles. The molecule has 4 heteroatoms. The molecule has 0 spiro atoms. The molecule has 0 bridgehead atoms. The van der Waals surface area contributed by atoms with E-state index in [2.05, 4.69) is 81.9 Å². The van der Waals surface area contributed by atoms with Crippen LogP contribution in [-0.2, 0) is 0 Å². The van der Waals surface area contributed by atoms with E-state index in [4.69, 9.17) is 19.8 Å². The lowest BCUT2D eigenvalue weighted by Crippen LogP contribution is -1.98. The Kier molecular flexibility index (Phi) is 4.57. The standard InChI is InChI=1S/C52H30N2O2/c1-2-14-32(15-3-1)53-43-26-25-31-13-4-5-16-33(31)51(43)41-27-38-34-17-6-9-21-42(34)54(45(38)30-46(41)53)44-28-40-35-18-7-10-22-47(35)56-50(40)29-39(44)36-20-12-24-49-52(36)37-19-8-11-23-48(37)55-49/h1-30H/i7D,8D,10D,11D,18D,19D,22D,23D. The van der Waals surface area contributed by atoms with Gasteiger partial charge in [0.05, 0.1) is 38.7 Å². The van der Waals surface area contributed by atoms with Crippen LogP contribution in [0.4, 0.5) is 0 Å². The molecular formula is C52H30N2O2. The summed E-state index contributed by atoms with van der Waals surface area (Å²) in [6.45, 7) is 0. The minimum atomic E-state index is -0.395. The molecule has 0 N–H and O–H groups in total. The van der Waals surface area contributed by atoms with E-state index in [1.54, 1.807) is 6.07 Å². The molecule has 0 aliphatic rings. The third kappa shape index (κ3) is 3.97. The van der Waals surface area contributed by atoms with Crippen LogP contribution in [0.5, 0.6) is 0 Å². The summed E-state index contributed by atoms with van der Waals surface area (Å²) >= 11 is 0. The second kappa shape index (κ2) is 11.0. The van der Waals surface area contributed by atoms with Crippen molar-refractivity contribution in [3.63, 3.8) is 0 Å². The smallest absolute Gasteiger partial charge is 0.136 e. The molecule has 0 saturated carbocycles. The summed E-state index contributed by atoms with van der Waals surface area (Å²) in [4.78, 5) is 0. The van der Waals surface area contributed by atoms with E-state index in [1.165, 1.54) is 0 Å². The zero-order valence-corrected chi connectivity index (χ0v) is 29.4. The zero-order chi connectivity index (χ0) is 43.4. The van der Waals surface area contributed by atoms with Gasteiger partial charge in [-0.25, -0.2) is 0 Å². The normalized spacial score (nSPS) is 14.3. The Bertz CT molecular complexity index is 4240. The first-order valence-corrected chi connectivity index (χ1v) is 18.4. The minimum absolute atomic E-state index is 0.0359. The van der Waals surface area contributed by atoms with E-state index in [-0.39, 0.29) is 64.2 Å². The number of nitrogens with zero attached hydrogens (tertiary/aromatic N) is 2. The lowest BCUT2D eigenvalue weighted by Gasteiger charge is -2.16. The molecule has 0 saturated heterocycles. The second-order valence-corrected chi connectivity index (χ2v) is 14.2. The summed E-state index contributed by atoms with van der Waals surface area (Å²) in [7, 11) is 0. The van der Waals surface area contributed by atoms with Crippen LogP contribution in [0, 0.1) is 0 Å². The molecular weight excluding hydrogens is 685 g/mol. The number of furan rings is 2. The fourth-order valence-corrected chi connectivity index (χ4v) is 9.05. The van der Waals surface area contributed by atoms with Crippen LogP contribution in [0.25, 0.3) is 121 Å². The van der Waals surface area contributed by atoms with Crippen LogP contribution < -0.4 is 0 Å². The van der Waals surface area contributed by atoms with Crippen LogP contribution in [-0.4, -0.2) is 9.13 Å². The van der Waals surface area contributed by atoms with Gasteiger partial charge in [0.1, 0.15) is 22.3 Å². The highest BCUT2D eigenvalue weighted by molar-refractivity contribution is 6.26. The van der Waals surface area contributed by atoms with E-state index in [0.29, 0.717) is 38.8 Å². The molecule has 9 aromatic carbocycles. The summed E-state index contributed by atoms with van der Waals surface area (Å²) in [6.07, 6.45) is 0. The number of hydrogen-bond donors (Lipinski definition) is 0. The molecule has 0 radical (unpaired) electrons. The fourth-order valence-electron chi connectivity index (χ4n) is 9.05. The van der Waals surface area contributed by atoms with E-state index >= 15 is 0 Å². The van der Waals surface area contributed by atoms with E-state index in [1.807, 2.05) is 54.6 Å². The lowest BCUT2D eigenvalue weighted by atomic mass is 9.96. The maximum absolute atomic E-state index is 9.09. The number of fused-ring (bicyclic) bond motifs is 14. The van der Waals surface area contributed by atoms with Crippen molar-refractivity contribution in [3.8, 4) is 22.5 Å². The van der Waals surface area contributed by atoms with Crippen molar-refractivity contribution in [2.45, 2.75) is 0 Å². The molecule has 260 valence electrons.